The Kier molecular flexibility index (Phi) is 6.36. The summed E-state index contributed by atoms with van der Waals surface area (Å²) in [7, 11) is 0. The summed E-state index contributed by atoms with van der Waals surface area (Å²) in [5.41, 5.74) is 4.56. The topological polar surface area (TPSA) is 50.6 Å². The first-order chi connectivity index (χ1) is 16.6. The zero-order chi connectivity index (χ0) is 23.5. The van der Waals surface area contributed by atoms with Crippen LogP contribution in [0.25, 0.3) is 16.3 Å². The summed E-state index contributed by atoms with van der Waals surface area (Å²) in [5, 5.41) is 6.84. The van der Waals surface area contributed by atoms with E-state index in [9.17, 15) is 4.79 Å². The Bertz CT molecular complexity index is 1260. The maximum Gasteiger partial charge on any atom is 0.272 e. The number of piperazine rings is 1. The van der Waals surface area contributed by atoms with Crippen molar-refractivity contribution in [3.8, 4) is 22.0 Å². The summed E-state index contributed by atoms with van der Waals surface area (Å²) >= 11 is 1.63. The Morgan fingerprint density at radius 1 is 1.00 bits per heavy atom. The van der Waals surface area contributed by atoms with Gasteiger partial charge in [0, 0.05) is 26.2 Å². The van der Waals surface area contributed by atoms with Gasteiger partial charge in [-0.25, -0.2) is 4.68 Å². The Labute approximate surface area is 204 Å². The highest BCUT2D eigenvalue weighted by Crippen LogP contribution is 2.30. The van der Waals surface area contributed by atoms with Crippen LogP contribution in [-0.4, -0.2) is 53.4 Å². The molecule has 2 aromatic carbocycles. The van der Waals surface area contributed by atoms with Gasteiger partial charge >= 0.3 is 0 Å². The number of hydrogen-bond acceptors (Lipinski definition) is 5. The minimum Gasteiger partial charge on any atom is -0.492 e. The van der Waals surface area contributed by atoms with Crippen molar-refractivity contribution in [3.05, 3.63) is 83.4 Å². The number of ether oxygens (including phenoxy) is 1. The molecule has 34 heavy (non-hydrogen) atoms. The van der Waals surface area contributed by atoms with Gasteiger partial charge in [-0.3, -0.25) is 4.79 Å². The monoisotopic (exact) mass is 472 g/mol. The molecule has 174 valence electrons. The molecule has 4 aromatic rings. The smallest absolute Gasteiger partial charge is 0.272 e. The van der Waals surface area contributed by atoms with E-state index in [2.05, 4.69) is 17.9 Å². The van der Waals surface area contributed by atoms with Crippen LogP contribution in [0.15, 0.2) is 72.1 Å². The van der Waals surface area contributed by atoms with Gasteiger partial charge in [-0.1, -0.05) is 35.9 Å². The number of para-hydroxylation sites is 2. The molecule has 1 saturated heterocycles. The molecule has 1 aliphatic rings. The molecule has 1 aliphatic heterocycles. The van der Waals surface area contributed by atoms with Crippen molar-refractivity contribution < 1.29 is 9.53 Å². The van der Waals surface area contributed by atoms with Gasteiger partial charge in [-0.05, 0) is 55.6 Å². The van der Waals surface area contributed by atoms with Crippen LogP contribution in [0.4, 0.5) is 5.69 Å². The lowest BCUT2D eigenvalue weighted by Crippen LogP contribution is -2.49. The molecule has 0 unspecified atom stereocenters. The average molecular weight is 473 g/mol. The molecule has 0 spiro atoms. The molecule has 1 fully saturated rings. The van der Waals surface area contributed by atoms with Gasteiger partial charge in [0.2, 0.25) is 0 Å². The van der Waals surface area contributed by atoms with Crippen molar-refractivity contribution in [2.45, 2.75) is 13.8 Å². The molecule has 5 rings (SSSR count). The third kappa shape index (κ3) is 4.43. The zero-order valence-corrected chi connectivity index (χ0v) is 20.3. The van der Waals surface area contributed by atoms with Crippen LogP contribution < -0.4 is 9.64 Å². The van der Waals surface area contributed by atoms with Crippen LogP contribution in [0.3, 0.4) is 0 Å². The molecule has 0 N–H and O–H groups in total. The predicted octanol–water partition coefficient (Wildman–Crippen LogP) is 5.27. The number of aryl methyl sites for hydroxylation is 1. The maximum absolute atomic E-state index is 13.7. The predicted molar refractivity (Wildman–Crippen MR) is 137 cm³/mol. The van der Waals surface area contributed by atoms with Crippen molar-refractivity contribution >= 4 is 22.9 Å². The number of rotatable bonds is 6. The average Bonchev–Trinajstić information content (AvgIpc) is 3.55. The van der Waals surface area contributed by atoms with Crippen molar-refractivity contribution in [3.63, 3.8) is 0 Å². The number of carbonyl (C=O) groups is 1. The fourth-order valence-corrected chi connectivity index (χ4v) is 4.95. The number of nitrogens with zero attached hydrogens (tertiary/aromatic N) is 4. The molecule has 0 aliphatic carbocycles. The second-order valence-corrected chi connectivity index (χ2v) is 9.27. The number of benzene rings is 2. The van der Waals surface area contributed by atoms with Gasteiger partial charge in [0.15, 0.2) is 0 Å². The zero-order valence-electron chi connectivity index (χ0n) is 19.5. The first-order valence-corrected chi connectivity index (χ1v) is 12.5. The number of amides is 1. The van der Waals surface area contributed by atoms with E-state index in [1.807, 2.05) is 77.9 Å². The molecule has 2 aromatic heterocycles. The largest absolute Gasteiger partial charge is 0.492 e. The second kappa shape index (κ2) is 9.73. The van der Waals surface area contributed by atoms with Crippen LogP contribution in [0, 0.1) is 6.92 Å². The quantitative estimate of drug-likeness (QED) is 0.384. The lowest BCUT2D eigenvalue weighted by Gasteiger charge is -2.36. The minimum absolute atomic E-state index is 0.00799. The fraction of sp³-hybridized carbons (Fsp3) is 0.259. The molecular formula is C27H28N4O2S. The first kappa shape index (κ1) is 22.2. The second-order valence-electron chi connectivity index (χ2n) is 8.32. The third-order valence-electron chi connectivity index (χ3n) is 6.05. The lowest BCUT2D eigenvalue weighted by atomic mass is 10.2. The minimum atomic E-state index is 0.00799. The van der Waals surface area contributed by atoms with Crippen molar-refractivity contribution in [1.29, 1.82) is 0 Å². The number of anilines is 1. The summed E-state index contributed by atoms with van der Waals surface area (Å²) in [6, 6.07) is 22.2. The van der Waals surface area contributed by atoms with E-state index >= 15 is 0 Å². The van der Waals surface area contributed by atoms with Crippen molar-refractivity contribution in [2.75, 3.05) is 37.7 Å². The molecule has 0 atom stereocenters. The summed E-state index contributed by atoms with van der Waals surface area (Å²) < 4.78 is 7.60. The van der Waals surface area contributed by atoms with Crippen LogP contribution in [-0.2, 0) is 0 Å². The molecular weight excluding hydrogens is 444 g/mol. The number of carbonyl (C=O) groups excluding carboxylic acids is 1. The maximum atomic E-state index is 13.7. The van der Waals surface area contributed by atoms with Gasteiger partial charge in [0.1, 0.15) is 17.1 Å². The summed E-state index contributed by atoms with van der Waals surface area (Å²) in [4.78, 5) is 19.0. The van der Waals surface area contributed by atoms with Crippen LogP contribution in [0.5, 0.6) is 5.75 Å². The van der Waals surface area contributed by atoms with Gasteiger partial charge in [-0.2, -0.15) is 5.10 Å². The highest BCUT2D eigenvalue weighted by molar-refractivity contribution is 7.13. The van der Waals surface area contributed by atoms with Gasteiger partial charge in [0.05, 0.1) is 22.9 Å². The molecule has 0 bridgehead atoms. The van der Waals surface area contributed by atoms with Crippen LogP contribution in [0.1, 0.15) is 23.0 Å². The molecule has 0 saturated carbocycles. The summed E-state index contributed by atoms with van der Waals surface area (Å²) in [5.74, 6) is 0.899. The summed E-state index contributed by atoms with van der Waals surface area (Å²) in [6.07, 6.45) is 0. The Morgan fingerprint density at radius 3 is 2.47 bits per heavy atom. The highest BCUT2D eigenvalue weighted by Gasteiger charge is 2.27. The van der Waals surface area contributed by atoms with E-state index in [1.54, 1.807) is 16.0 Å². The van der Waals surface area contributed by atoms with Gasteiger partial charge in [-0.15, -0.1) is 11.3 Å². The molecule has 3 heterocycles. The molecule has 6 nitrogen and oxygen atoms in total. The van der Waals surface area contributed by atoms with E-state index in [-0.39, 0.29) is 5.91 Å². The number of aromatic nitrogens is 2. The normalized spacial score (nSPS) is 13.8. The van der Waals surface area contributed by atoms with E-state index in [0.717, 1.165) is 40.8 Å². The number of hydrogen-bond donors (Lipinski definition) is 0. The Hall–Kier alpha value is -3.58. The van der Waals surface area contributed by atoms with E-state index in [1.165, 1.54) is 5.56 Å². The van der Waals surface area contributed by atoms with Crippen molar-refractivity contribution in [1.82, 2.24) is 14.7 Å². The number of thiophene rings is 1. The SMILES string of the molecule is CCOc1ccccc1N1CCN(C(=O)c2cc(-c3cccs3)nn2-c2ccc(C)cc2)CC1. The summed E-state index contributed by atoms with van der Waals surface area (Å²) in [6.45, 7) is 7.48. The Morgan fingerprint density at radius 2 is 1.76 bits per heavy atom. The van der Waals surface area contributed by atoms with E-state index in [0.29, 0.717) is 25.4 Å². The third-order valence-corrected chi connectivity index (χ3v) is 6.95. The van der Waals surface area contributed by atoms with Gasteiger partial charge in [0.25, 0.3) is 5.91 Å². The molecule has 1 amide bonds. The fourth-order valence-electron chi connectivity index (χ4n) is 4.27. The molecule has 7 heteroatoms. The van der Waals surface area contributed by atoms with E-state index in [4.69, 9.17) is 9.84 Å². The standard InChI is InChI=1S/C27H28N4O2S/c1-3-33-25-8-5-4-7-23(25)29-14-16-30(17-15-29)27(32)24-19-22(26-9-6-18-34-26)28-31(24)21-12-10-20(2)11-13-21/h4-13,18-19H,3,14-17H2,1-2H3. The molecule has 0 radical (unpaired) electrons. The highest BCUT2D eigenvalue weighted by atomic mass is 32.1. The van der Waals surface area contributed by atoms with Gasteiger partial charge < -0.3 is 14.5 Å². The van der Waals surface area contributed by atoms with Crippen LogP contribution >= 0.6 is 11.3 Å². The van der Waals surface area contributed by atoms with Crippen LogP contribution in [0.2, 0.25) is 0 Å². The van der Waals surface area contributed by atoms with E-state index < -0.39 is 0 Å². The first-order valence-electron chi connectivity index (χ1n) is 11.6. The lowest BCUT2D eigenvalue weighted by molar-refractivity contribution is 0.0737. The van der Waals surface area contributed by atoms with Crippen molar-refractivity contribution in [2.24, 2.45) is 0 Å². The Balaban J connectivity index is 1.39.